The first kappa shape index (κ1) is 11.2. The Bertz CT molecular complexity index is 243. The molecule has 0 spiro atoms. The van der Waals surface area contributed by atoms with Crippen LogP contribution in [-0.2, 0) is 19.1 Å². The summed E-state index contributed by atoms with van der Waals surface area (Å²) in [4.78, 5) is 30.9. The lowest BCUT2D eigenvalue weighted by atomic mass is 10.2. The highest BCUT2D eigenvalue weighted by atomic mass is 16.6. The summed E-state index contributed by atoms with van der Waals surface area (Å²) < 4.78 is 4.23. The van der Waals surface area contributed by atoms with Crippen LogP contribution in [0.4, 0.5) is 0 Å². The van der Waals surface area contributed by atoms with Gasteiger partial charge < -0.3 is 14.9 Å². The summed E-state index contributed by atoms with van der Waals surface area (Å²) in [6.07, 6.45) is -1.67. The van der Waals surface area contributed by atoms with Crippen LogP contribution < -0.4 is 0 Å². The highest BCUT2D eigenvalue weighted by Crippen LogP contribution is 2.00. The number of carboxylic acid groups (broad SMARTS) is 2. The van der Waals surface area contributed by atoms with Gasteiger partial charge in [0.25, 0.3) is 0 Å². The van der Waals surface area contributed by atoms with Crippen molar-refractivity contribution in [2.75, 3.05) is 0 Å². The van der Waals surface area contributed by atoms with Crippen molar-refractivity contribution in [3.8, 4) is 0 Å². The maximum atomic E-state index is 10.5. The predicted octanol–water partition coefficient (Wildman–Crippen LogP) is -0.357. The van der Waals surface area contributed by atoms with Gasteiger partial charge in [-0.1, -0.05) is 6.58 Å². The third-order valence-corrected chi connectivity index (χ3v) is 1.06. The van der Waals surface area contributed by atoms with E-state index in [1.807, 2.05) is 0 Å². The van der Waals surface area contributed by atoms with E-state index >= 15 is 0 Å². The number of ether oxygens (including phenoxy) is 1. The van der Waals surface area contributed by atoms with Crippen molar-refractivity contribution in [3.63, 3.8) is 0 Å². The van der Waals surface area contributed by atoms with Crippen LogP contribution in [0.3, 0.4) is 0 Å². The third kappa shape index (κ3) is 4.57. The molecule has 2 N–H and O–H groups in total. The molecule has 0 aromatic heterocycles. The second kappa shape index (κ2) is 4.91. The fraction of sp³-hybridized carbons (Fsp3) is 0.286. The summed E-state index contributed by atoms with van der Waals surface area (Å²) >= 11 is 0. The molecule has 0 saturated heterocycles. The monoisotopic (exact) mass is 188 g/mol. The predicted molar refractivity (Wildman–Crippen MR) is 40.0 cm³/mol. The highest BCUT2D eigenvalue weighted by molar-refractivity contribution is 5.86. The number of hydrogen-bond acceptors (Lipinski definition) is 4. The van der Waals surface area contributed by atoms with E-state index in [4.69, 9.17) is 10.2 Å². The highest BCUT2D eigenvalue weighted by Gasteiger charge is 2.24. The van der Waals surface area contributed by atoms with Gasteiger partial charge in [0.2, 0.25) is 6.10 Å². The smallest absolute Gasteiger partial charge is 0.345 e. The summed E-state index contributed by atoms with van der Waals surface area (Å²) in [5.41, 5.74) is 0. The van der Waals surface area contributed by atoms with Crippen LogP contribution in [0.15, 0.2) is 12.7 Å². The maximum Gasteiger partial charge on any atom is 0.345 e. The second-order valence-electron chi connectivity index (χ2n) is 2.07. The van der Waals surface area contributed by atoms with Gasteiger partial charge in [-0.3, -0.25) is 4.79 Å². The first-order valence-electron chi connectivity index (χ1n) is 3.25. The number of carbonyl (C=O) groups is 3. The molecular weight excluding hydrogens is 180 g/mol. The molecule has 1 unspecified atom stereocenters. The van der Waals surface area contributed by atoms with Gasteiger partial charge in [-0.25, -0.2) is 9.59 Å². The largest absolute Gasteiger partial charge is 0.481 e. The van der Waals surface area contributed by atoms with E-state index in [0.717, 1.165) is 6.08 Å². The third-order valence-electron chi connectivity index (χ3n) is 1.06. The molecule has 0 heterocycles. The Kier molecular flexibility index (Phi) is 4.21. The summed E-state index contributed by atoms with van der Waals surface area (Å²) in [6, 6.07) is 0. The molecule has 0 radical (unpaired) electrons. The van der Waals surface area contributed by atoms with Crippen molar-refractivity contribution in [2.45, 2.75) is 12.5 Å². The Balaban J connectivity index is 4.26. The zero-order valence-corrected chi connectivity index (χ0v) is 6.60. The number of aliphatic carboxylic acids is 2. The lowest BCUT2D eigenvalue weighted by Gasteiger charge is -2.09. The first-order chi connectivity index (χ1) is 5.97. The Morgan fingerprint density at radius 1 is 1.38 bits per heavy atom. The minimum atomic E-state index is -1.66. The molecule has 0 fully saturated rings. The molecule has 1 atom stereocenters. The van der Waals surface area contributed by atoms with Gasteiger partial charge >= 0.3 is 17.9 Å². The lowest BCUT2D eigenvalue weighted by Crippen LogP contribution is -2.28. The molecule has 0 aliphatic carbocycles. The Morgan fingerprint density at radius 3 is 2.23 bits per heavy atom. The van der Waals surface area contributed by atoms with E-state index in [0.29, 0.717) is 0 Å². The molecule has 0 bridgehead atoms. The normalized spacial score (nSPS) is 11.4. The number of esters is 1. The molecule has 0 aliphatic rings. The van der Waals surface area contributed by atoms with E-state index in [1.54, 1.807) is 0 Å². The molecule has 0 aromatic carbocycles. The fourth-order valence-electron chi connectivity index (χ4n) is 0.526. The van der Waals surface area contributed by atoms with Gasteiger partial charge in [-0.05, 0) is 0 Å². The van der Waals surface area contributed by atoms with Gasteiger partial charge in [-0.2, -0.15) is 0 Å². The quantitative estimate of drug-likeness (QED) is 0.451. The van der Waals surface area contributed by atoms with Crippen LogP contribution in [0.2, 0.25) is 0 Å². The fourth-order valence-corrected chi connectivity index (χ4v) is 0.526. The summed E-state index contributed by atoms with van der Waals surface area (Å²) in [7, 11) is 0. The standard InChI is InChI=1S/C7H8O6/c1-2-6(10)13-4(7(11)12)3-5(8)9/h2,4H,1,3H2,(H,8,9)(H,11,12). The van der Waals surface area contributed by atoms with Gasteiger partial charge in [0.1, 0.15) is 0 Å². The SMILES string of the molecule is C=CC(=O)OC(CC(=O)O)C(=O)O. The van der Waals surface area contributed by atoms with Crippen LogP contribution in [0, 0.1) is 0 Å². The van der Waals surface area contributed by atoms with Gasteiger partial charge in [0.05, 0.1) is 6.42 Å². The van der Waals surface area contributed by atoms with Crippen LogP contribution in [0.25, 0.3) is 0 Å². The molecule has 0 aliphatic heterocycles. The molecule has 0 aromatic rings. The number of carbonyl (C=O) groups excluding carboxylic acids is 1. The summed E-state index contributed by atoms with van der Waals surface area (Å²) in [5, 5.41) is 16.6. The average Bonchev–Trinajstić information content (AvgIpc) is 2.02. The van der Waals surface area contributed by atoms with Gasteiger partial charge in [0.15, 0.2) is 0 Å². The zero-order chi connectivity index (χ0) is 10.4. The van der Waals surface area contributed by atoms with Crippen LogP contribution in [-0.4, -0.2) is 34.2 Å². The van der Waals surface area contributed by atoms with Crippen molar-refractivity contribution in [3.05, 3.63) is 12.7 Å². The zero-order valence-electron chi connectivity index (χ0n) is 6.60. The van der Waals surface area contributed by atoms with Crippen molar-refractivity contribution in [1.29, 1.82) is 0 Å². The number of rotatable bonds is 5. The molecule has 13 heavy (non-hydrogen) atoms. The van der Waals surface area contributed by atoms with Crippen molar-refractivity contribution in [1.82, 2.24) is 0 Å². The van der Waals surface area contributed by atoms with Crippen molar-refractivity contribution < 1.29 is 29.3 Å². The molecule has 72 valence electrons. The van der Waals surface area contributed by atoms with E-state index in [2.05, 4.69) is 11.3 Å². The van der Waals surface area contributed by atoms with E-state index in [-0.39, 0.29) is 0 Å². The lowest BCUT2D eigenvalue weighted by molar-refractivity contribution is -0.164. The minimum absolute atomic E-state index is 0.762. The first-order valence-corrected chi connectivity index (χ1v) is 3.25. The Hall–Kier alpha value is -1.85. The van der Waals surface area contributed by atoms with E-state index < -0.39 is 30.4 Å². The molecule has 6 heteroatoms. The molecular formula is C7H8O6. The van der Waals surface area contributed by atoms with Crippen molar-refractivity contribution >= 4 is 17.9 Å². The van der Waals surface area contributed by atoms with Crippen LogP contribution >= 0.6 is 0 Å². The van der Waals surface area contributed by atoms with Crippen molar-refractivity contribution in [2.24, 2.45) is 0 Å². The van der Waals surface area contributed by atoms with Gasteiger partial charge in [0, 0.05) is 6.08 Å². The van der Waals surface area contributed by atoms with E-state index in [9.17, 15) is 14.4 Å². The van der Waals surface area contributed by atoms with Crippen LogP contribution in [0.1, 0.15) is 6.42 Å². The molecule has 0 saturated carbocycles. The maximum absolute atomic E-state index is 10.5. The topological polar surface area (TPSA) is 101 Å². The van der Waals surface area contributed by atoms with Gasteiger partial charge in [-0.15, -0.1) is 0 Å². The number of hydrogen-bond donors (Lipinski definition) is 2. The Morgan fingerprint density at radius 2 is 1.92 bits per heavy atom. The molecule has 0 rings (SSSR count). The minimum Gasteiger partial charge on any atom is -0.481 e. The second-order valence-corrected chi connectivity index (χ2v) is 2.07. The van der Waals surface area contributed by atoms with E-state index in [1.165, 1.54) is 0 Å². The number of carboxylic acids is 2. The molecule has 6 nitrogen and oxygen atoms in total. The van der Waals surface area contributed by atoms with Crippen LogP contribution in [0.5, 0.6) is 0 Å². The average molecular weight is 188 g/mol. The summed E-state index contributed by atoms with van der Waals surface area (Å²) in [6.45, 7) is 3.04. The summed E-state index contributed by atoms with van der Waals surface area (Å²) in [5.74, 6) is -3.82. The molecule has 0 amide bonds. The Labute approximate surface area is 73.4 Å².